The summed E-state index contributed by atoms with van der Waals surface area (Å²) in [5, 5.41) is 0.517. The van der Waals surface area contributed by atoms with Crippen molar-refractivity contribution >= 4 is 30.9 Å². The molecule has 3 rings (SSSR count). The largest absolute Gasteiger partial charge is 0.326 e. The number of hydrogen-bond acceptors (Lipinski definition) is 4. The summed E-state index contributed by atoms with van der Waals surface area (Å²) >= 11 is 6.13. The standard InChI is InChI=1S/C17H16ClN3O2.H3O3P/c1-21(9-11-5-3-2-4-6-11)10-12-7-13(18)8-14-15(12)20-17(23)16(22)19-14;1-4(2)3/h2-8H,9-10H2,1H3,(H,19,22)(H,20,23);4H,(H2,1,2,3). The molecular formula is C17H19ClN3O5P. The van der Waals surface area contributed by atoms with Gasteiger partial charge in [-0.3, -0.25) is 19.1 Å². The van der Waals surface area contributed by atoms with E-state index in [2.05, 4.69) is 27.0 Å². The van der Waals surface area contributed by atoms with Gasteiger partial charge in [-0.05, 0) is 30.3 Å². The second kappa shape index (κ2) is 9.64. The Labute approximate surface area is 160 Å². The highest BCUT2D eigenvalue weighted by Crippen LogP contribution is 2.21. The minimum Gasteiger partial charge on any atom is -0.326 e. The molecule has 2 aromatic carbocycles. The van der Waals surface area contributed by atoms with Crippen molar-refractivity contribution in [2.45, 2.75) is 13.1 Å². The summed E-state index contributed by atoms with van der Waals surface area (Å²) in [5.74, 6) is 0. The predicted molar refractivity (Wildman–Crippen MR) is 105 cm³/mol. The molecule has 0 aliphatic carbocycles. The van der Waals surface area contributed by atoms with Gasteiger partial charge in [-0.1, -0.05) is 41.9 Å². The highest BCUT2D eigenvalue weighted by molar-refractivity contribution is 7.30. The van der Waals surface area contributed by atoms with Gasteiger partial charge in [-0.15, -0.1) is 0 Å². The van der Waals surface area contributed by atoms with Crippen molar-refractivity contribution in [3.8, 4) is 0 Å². The van der Waals surface area contributed by atoms with Crippen LogP contribution < -0.4 is 11.1 Å². The van der Waals surface area contributed by atoms with Gasteiger partial charge in [0.05, 0.1) is 11.0 Å². The van der Waals surface area contributed by atoms with Crippen LogP contribution in [0.15, 0.2) is 52.1 Å². The summed E-state index contributed by atoms with van der Waals surface area (Å²) in [6.45, 7) is 1.36. The van der Waals surface area contributed by atoms with Gasteiger partial charge in [0, 0.05) is 18.1 Å². The fourth-order valence-corrected chi connectivity index (χ4v) is 2.87. The third-order valence-electron chi connectivity index (χ3n) is 3.61. The van der Waals surface area contributed by atoms with Crippen molar-refractivity contribution in [1.82, 2.24) is 14.9 Å². The lowest BCUT2D eigenvalue weighted by Gasteiger charge is -2.18. The zero-order chi connectivity index (χ0) is 20.0. The average molecular weight is 412 g/mol. The first-order valence-electron chi connectivity index (χ1n) is 7.85. The molecule has 1 heterocycles. The number of benzene rings is 2. The zero-order valence-electron chi connectivity index (χ0n) is 14.4. The van der Waals surface area contributed by atoms with E-state index in [4.69, 9.17) is 26.0 Å². The summed E-state index contributed by atoms with van der Waals surface area (Å²) in [6, 6.07) is 13.5. The highest BCUT2D eigenvalue weighted by Gasteiger charge is 2.10. The third-order valence-corrected chi connectivity index (χ3v) is 3.83. The van der Waals surface area contributed by atoms with Crippen LogP contribution in [0.5, 0.6) is 0 Å². The molecule has 8 nitrogen and oxygen atoms in total. The van der Waals surface area contributed by atoms with Crippen LogP contribution in [0.4, 0.5) is 0 Å². The number of hydrogen-bond donors (Lipinski definition) is 4. The number of nitrogens with zero attached hydrogens (tertiary/aromatic N) is 1. The van der Waals surface area contributed by atoms with E-state index in [0.717, 1.165) is 12.1 Å². The van der Waals surface area contributed by atoms with Crippen molar-refractivity contribution in [2.75, 3.05) is 7.05 Å². The van der Waals surface area contributed by atoms with Crippen LogP contribution in [0.1, 0.15) is 11.1 Å². The van der Waals surface area contributed by atoms with Gasteiger partial charge < -0.3 is 19.8 Å². The molecule has 0 fully saturated rings. The summed E-state index contributed by atoms with van der Waals surface area (Å²) < 4.78 is 8.74. The molecule has 1 aromatic heterocycles. The average Bonchev–Trinajstić information content (AvgIpc) is 2.57. The summed E-state index contributed by atoms with van der Waals surface area (Å²) in [7, 11) is -1.14. The SMILES string of the molecule is CN(Cc1ccccc1)Cc1cc(Cl)cc2[nH]c(=O)c(=O)[nH]c12.O=[PH](O)O. The first-order chi connectivity index (χ1) is 12.8. The lowest BCUT2D eigenvalue weighted by Crippen LogP contribution is -2.29. The summed E-state index contributed by atoms with van der Waals surface area (Å²) in [4.78, 5) is 44.7. The molecule has 144 valence electrons. The number of aromatic nitrogens is 2. The van der Waals surface area contributed by atoms with Crippen LogP contribution in [0.3, 0.4) is 0 Å². The Hall–Kier alpha value is -2.22. The number of nitrogens with one attached hydrogen (secondary N) is 2. The minimum atomic E-state index is -3.13. The zero-order valence-corrected chi connectivity index (χ0v) is 16.2. The monoisotopic (exact) mass is 411 g/mol. The highest BCUT2D eigenvalue weighted by atomic mass is 35.5. The quantitative estimate of drug-likeness (QED) is 0.383. The molecule has 27 heavy (non-hydrogen) atoms. The van der Waals surface area contributed by atoms with E-state index in [0.29, 0.717) is 22.6 Å². The topological polar surface area (TPSA) is 126 Å². The number of halogens is 1. The number of H-pyrrole nitrogens is 2. The predicted octanol–water partition coefficient (Wildman–Crippen LogP) is 1.86. The van der Waals surface area contributed by atoms with Crippen LogP contribution in [0, 0.1) is 0 Å². The minimum absolute atomic E-state index is 0.517. The van der Waals surface area contributed by atoms with Gasteiger partial charge in [-0.25, -0.2) is 0 Å². The second-order valence-electron chi connectivity index (χ2n) is 5.84. The van der Waals surface area contributed by atoms with Crippen LogP contribution in [-0.4, -0.2) is 31.7 Å². The fourth-order valence-electron chi connectivity index (χ4n) is 2.63. The second-order valence-corrected chi connectivity index (χ2v) is 6.84. The first kappa shape index (κ1) is 21.1. The molecule has 0 amide bonds. The Morgan fingerprint density at radius 1 is 1.04 bits per heavy atom. The van der Waals surface area contributed by atoms with Gasteiger partial charge in [0.1, 0.15) is 0 Å². The Morgan fingerprint density at radius 2 is 1.63 bits per heavy atom. The van der Waals surface area contributed by atoms with E-state index in [1.807, 2.05) is 25.2 Å². The van der Waals surface area contributed by atoms with Gasteiger partial charge >= 0.3 is 19.4 Å². The summed E-state index contributed by atoms with van der Waals surface area (Å²) in [6.07, 6.45) is 0. The molecule has 0 saturated heterocycles. The molecule has 0 atom stereocenters. The maximum Gasteiger partial charge on any atom is 0.314 e. The normalized spacial score (nSPS) is 10.9. The molecule has 0 spiro atoms. The number of rotatable bonds is 4. The van der Waals surface area contributed by atoms with Crippen molar-refractivity contribution < 1.29 is 14.4 Å². The Bertz CT molecular complexity index is 1050. The Balaban J connectivity index is 0.000000596. The molecular weight excluding hydrogens is 393 g/mol. The van der Waals surface area contributed by atoms with Crippen LogP contribution in [0.2, 0.25) is 5.02 Å². The van der Waals surface area contributed by atoms with Crippen molar-refractivity contribution in [2.24, 2.45) is 0 Å². The van der Waals surface area contributed by atoms with E-state index < -0.39 is 19.4 Å². The number of fused-ring (bicyclic) bond motifs is 1. The molecule has 3 aromatic rings. The maximum absolute atomic E-state index is 11.6. The Morgan fingerprint density at radius 3 is 2.26 bits per heavy atom. The van der Waals surface area contributed by atoms with E-state index in [1.165, 1.54) is 5.56 Å². The fraction of sp³-hybridized carbons (Fsp3) is 0.176. The van der Waals surface area contributed by atoms with E-state index in [1.54, 1.807) is 12.1 Å². The van der Waals surface area contributed by atoms with E-state index >= 15 is 0 Å². The third kappa shape index (κ3) is 6.46. The van der Waals surface area contributed by atoms with Crippen molar-refractivity contribution in [1.29, 1.82) is 0 Å². The Kier molecular flexibility index (Phi) is 7.53. The molecule has 0 unspecified atom stereocenters. The van der Waals surface area contributed by atoms with Crippen LogP contribution in [0.25, 0.3) is 11.0 Å². The van der Waals surface area contributed by atoms with Crippen molar-refractivity contribution in [3.05, 3.63) is 79.3 Å². The lowest BCUT2D eigenvalue weighted by atomic mass is 10.1. The summed E-state index contributed by atoms with van der Waals surface area (Å²) in [5.41, 5.74) is 1.86. The molecule has 0 saturated carbocycles. The first-order valence-corrected chi connectivity index (χ1v) is 9.53. The van der Waals surface area contributed by atoms with Gasteiger partial charge in [0.25, 0.3) is 0 Å². The van der Waals surface area contributed by atoms with E-state index in [-0.39, 0.29) is 0 Å². The maximum atomic E-state index is 11.6. The van der Waals surface area contributed by atoms with Gasteiger partial charge in [-0.2, -0.15) is 0 Å². The van der Waals surface area contributed by atoms with Crippen molar-refractivity contribution in [3.63, 3.8) is 0 Å². The smallest absolute Gasteiger partial charge is 0.314 e. The lowest BCUT2D eigenvalue weighted by molar-refractivity contribution is 0.320. The molecule has 4 N–H and O–H groups in total. The van der Waals surface area contributed by atoms with Crippen LogP contribution in [-0.2, 0) is 17.7 Å². The molecule has 0 aliphatic heterocycles. The van der Waals surface area contributed by atoms with Gasteiger partial charge in [0.15, 0.2) is 0 Å². The molecule has 0 radical (unpaired) electrons. The number of aromatic amines is 2. The molecule has 0 bridgehead atoms. The van der Waals surface area contributed by atoms with Crippen LogP contribution >= 0.6 is 19.9 Å². The molecule has 0 aliphatic rings. The van der Waals surface area contributed by atoms with Gasteiger partial charge in [0.2, 0.25) is 0 Å². The molecule has 10 heteroatoms. The van der Waals surface area contributed by atoms with E-state index in [9.17, 15) is 9.59 Å².